The van der Waals surface area contributed by atoms with Crippen LogP contribution < -0.4 is 5.73 Å². The molecule has 0 unspecified atom stereocenters. The molecule has 2 N–H and O–H groups in total. The first kappa shape index (κ1) is 10.1. The van der Waals surface area contributed by atoms with E-state index in [1.54, 1.807) is 0 Å². The van der Waals surface area contributed by atoms with E-state index in [0.29, 0.717) is 0 Å². The van der Waals surface area contributed by atoms with Gasteiger partial charge in [0.1, 0.15) is 5.75 Å². The van der Waals surface area contributed by atoms with Crippen LogP contribution in [-0.4, -0.2) is 26.7 Å². The van der Waals surface area contributed by atoms with E-state index in [0.717, 1.165) is 6.08 Å². The molecule has 6 heteroatoms. The van der Waals surface area contributed by atoms with Gasteiger partial charge in [0.05, 0.1) is 6.54 Å². The highest BCUT2D eigenvalue weighted by molar-refractivity contribution is 7.87. The summed E-state index contributed by atoms with van der Waals surface area (Å²) in [5.74, 6) is -1.36. The summed E-state index contributed by atoms with van der Waals surface area (Å²) < 4.78 is 25.2. The fourth-order valence-corrected chi connectivity index (χ4v) is 1.06. The third kappa shape index (κ3) is 4.51. The molecular weight excluding hydrogens is 170 g/mol. The lowest BCUT2D eigenvalue weighted by Crippen LogP contribution is -2.21. The van der Waals surface area contributed by atoms with Gasteiger partial charge in [0.2, 0.25) is 0 Å². The van der Waals surface area contributed by atoms with Gasteiger partial charge in [0.25, 0.3) is 0 Å². The van der Waals surface area contributed by atoms with Crippen molar-refractivity contribution in [3.8, 4) is 0 Å². The maximum absolute atomic E-state index is 10.6. The fraction of sp³-hybridized carbons (Fsp3) is 0.400. The molecule has 0 atom stereocenters. The topological polar surface area (TPSA) is 86.5 Å². The van der Waals surface area contributed by atoms with Gasteiger partial charge in [-0.15, -0.1) is 6.58 Å². The minimum atomic E-state index is -3.79. The highest BCUT2D eigenvalue weighted by Crippen LogP contribution is 1.92. The zero-order valence-corrected chi connectivity index (χ0v) is 6.63. The average Bonchev–Trinajstić information content (AvgIpc) is 1.86. The van der Waals surface area contributed by atoms with E-state index in [4.69, 9.17) is 5.73 Å². The fourth-order valence-electron chi connectivity index (χ4n) is 0.354. The van der Waals surface area contributed by atoms with E-state index in [2.05, 4.69) is 10.8 Å². The largest absolute Gasteiger partial charge is 0.344 e. The molecule has 0 rings (SSSR count). The van der Waals surface area contributed by atoms with Gasteiger partial charge in [-0.2, -0.15) is 8.42 Å². The van der Waals surface area contributed by atoms with Crippen molar-refractivity contribution < 1.29 is 17.4 Å². The predicted molar refractivity (Wildman–Crippen MR) is 39.1 cm³/mol. The van der Waals surface area contributed by atoms with Crippen LogP contribution >= 0.6 is 0 Å². The normalized spacial score (nSPS) is 10.6. The second kappa shape index (κ2) is 4.09. The Morgan fingerprint density at radius 1 is 1.64 bits per heavy atom. The summed E-state index contributed by atoms with van der Waals surface area (Å²) in [5.41, 5.74) is 4.81. The Hall–Kier alpha value is -0.880. The molecule has 0 heterocycles. The Kier molecular flexibility index (Phi) is 3.77. The molecule has 5 nitrogen and oxygen atoms in total. The maximum Gasteiger partial charge on any atom is 0.335 e. The van der Waals surface area contributed by atoms with E-state index < -0.39 is 28.4 Å². The minimum absolute atomic E-state index is 0.390. The Bertz CT molecular complexity index is 243. The van der Waals surface area contributed by atoms with Gasteiger partial charge in [-0.1, -0.05) is 6.08 Å². The van der Waals surface area contributed by atoms with Crippen molar-refractivity contribution >= 4 is 16.1 Å². The van der Waals surface area contributed by atoms with Gasteiger partial charge in [0.15, 0.2) is 0 Å². The van der Waals surface area contributed by atoms with Crippen molar-refractivity contribution in [2.24, 2.45) is 5.73 Å². The summed E-state index contributed by atoms with van der Waals surface area (Å²) in [6.07, 6.45) is 1.12. The SMILES string of the molecule is C=CCS(=O)(=O)OC(=O)CN. The number of carbonyl (C=O) groups is 1. The molecule has 0 aromatic rings. The lowest BCUT2D eigenvalue weighted by molar-refractivity contribution is -0.132. The number of rotatable bonds is 4. The Morgan fingerprint density at radius 3 is 2.55 bits per heavy atom. The summed E-state index contributed by atoms with van der Waals surface area (Å²) in [4.78, 5) is 10.3. The van der Waals surface area contributed by atoms with Crippen LogP contribution in [0.4, 0.5) is 0 Å². The van der Waals surface area contributed by atoms with Crippen LogP contribution in [0.15, 0.2) is 12.7 Å². The van der Waals surface area contributed by atoms with E-state index in [9.17, 15) is 13.2 Å². The van der Waals surface area contributed by atoms with Gasteiger partial charge in [-0.3, -0.25) is 0 Å². The van der Waals surface area contributed by atoms with Crippen LogP contribution in [0.1, 0.15) is 0 Å². The van der Waals surface area contributed by atoms with Crippen LogP contribution in [0, 0.1) is 0 Å². The molecule has 0 aliphatic carbocycles. The zero-order chi connectivity index (χ0) is 8.91. The molecule has 0 fully saturated rings. The van der Waals surface area contributed by atoms with Crippen LogP contribution in [0.3, 0.4) is 0 Å². The molecule has 0 spiro atoms. The molecule has 0 bridgehead atoms. The Labute approximate surface area is 65.0 Å². The quantitative estimate of drug-likeness (QED) is 0.442. The molecule has 64 valence electrons. The van der Waals surface area contributed by atoms with Crippen molar-refractivity contribution in [2.75, 3.05) is 12.3 Å². The van der Waals surface area contributed by atoms with Crippen molar-refractivity contribution in [3.05, 3.63) is 12.7 Å². The first-order chi connectivity index (χ1) is 5.02. The van der Waals surface area contributed by atoms with E-state index in [-0.39, 0.29) is 0 Å². The summed E-state index contributed by atoms with van der Waals surface area (Å²) in [7, 11) is -3.79. The summed E-state index contributed by atoms with van der Waals surface area (Å²) in [5, 5.41) is 0. The van der Waals surface area contributed by atoms with Gasteiger partial charge in [-0.25, -0.2) is 4.79 Å². The van der Waals surface area contributed by atoms with E-state index in [1.807, 2.05) is 0 Å². The highest BCUT2D eigenvalue weighted by atomic mass is 32.2. The van der Waals surface area contributed by atoms with Crippen molar-refractivity contribution in [1.82, 2.24) is 0 Å². The van der Waals surface area contributed by atoms with E-state index >= 15 is 0 Å². The molecule has 0 radical (unpaired) electrons. The number of hydrogen-bond donors (Lipinski definition) is 1. The molecule has 0 saturated carbocycles. The maximum atomic E-state index is 10.6. The number of carbonyl (C=O) groups excluding carboxylic acids is 1. The van der Waals surface area contributed by atoms with Crippen molar-refractivity contribution in [1.29, 1.82) is 0 Å². The Balaban J connectivity index is 4.13. The molecule has 0 amide bonds. The summed E-state index contributed by atoms with van der Waals surface area (Å²) in [6, 6.07) is 0. The molecular formula is C5H9NO4S. The van der Waals surface area contributed by atoms with Gasteiger partial charge >= 0.3 is 16.1 Å². The van der Waals surface area contributed by atoms with Crippen LogP contribution in [0.2, 0.25) is 0 Å². The van der Waals surface area contributed by atoms with Crippen LogP contribution in [0.25, 0.3) is 0 Å². The lowest BCUT2D eigenvalue weighted by Gasteiger charge is -1.99. The molecule has 0 aromatic carbocycles. The first-order valence-corrected chi connectivity index (χ1v) is 4.35. The van der Waals surface area contributed by atoms with E-state index in [1.165, 1.54) is 0 Å². The zero-order valence-electron chi connectivity index (χ0n) is 5.82. The monoisotopic (exact) mass is 179 g/mol. The van der Waals surface area contributed by atoms with Crippen molar-refractivity contribution in [2.45, 2.75) is 0 Å². The van der Waals surface area contributed by atoms with Crippen LogP contribution in [0.5, 0.6) is 0 Å². The van der Waals surface area contributed by atoms with Gasteiger partial charge in [-0.05, 0) is 0 Å². The average molecular weight is 179 g/mol. The van der Waals surface area contributed by atoms with Crippen LogP contribution in [-0.2, 0) is 19.1 Å². The molecule has 0 aliphatic heterocycles. The van der Waals surface area contributed by atoms with Gasteiger partial charge < -0.3 is 9.92 Å². The van der Waals surface area contributed by atoms with Crippen molar-refractivity contribution in [3.63, 3.8) is 0 Å². The third-order valence-electron chi connectivity index (χ3n) is 0.709. The first-order valence-electron chi connectivity index (χ1n) is 2.78. The molecule has 0 aliphatic rings. The summed E-state index contributed by atoms with van der Waals surface area (Å²) in [6.45, 7) is 2.73. The summed E-state index contributed by atoms with van der Waals surface area (Å²) >= 11 is 0. The molecule has 0 aromatic heterocycles. The lowest BCUT2D eigenvalue weighted by atomic mass is 10.7. The standard InChI is InChI=1S/C5H9NO4S/c1-2-3-11(8,9)10-5(7)4-6/h2H,1,3-4,6H2. The second-order valence-corrected chi connectivity index (χ2v) is 3.29. The third-order valence-corrected chi connectivity index (χ3v) is 1.79. The predicted octanol–water partition coefficient (Wildman–Crippen LogP) is -0.996. The number of nitrogens with two attached hydrogens (primary N) is 1. The molecule has 0 saturated heterocycles. The Morgan fingerprint density at radius 2 is 2.18 bits per heavy atom. The second-order valence-electron chi connectivity index (χ2n) is 1.67. The minimum Gasteiger partial charge on any atom is -0.344 e. The smallest absolute Gasteiger partial charge is 0.335 e. The van der Waals surface area contributed by atoms with Gasteiger partial charge in [0, 0.05) is 0 Å². The molecule has 11 heavy (non-hydrogen) atoms. The highest BCUT2D eigenvalue weighted by Gasteiger charge is 2.12. The number of hydrogen-bond acceptors (Lipinski definition) is 5.